The molecule has 17 heavy (non-hydrogen) atoms. The van der Waals surface area contributed by atoms with E-state index in [4.69, 9.17) is 4.74 Å². The zero-order valence-corrected chi connectivity index (χ0v) is 11.9. The van der Waals surface area contributed by atoms with Gasteiger partial charge in [0.2, 0.25) is 0 Å². The second kappa shape index (κ2) is 9.03. The van der Waals surface area contributed by atoms with Gasteiger partial charge in [-0.2, -0.15) is 0 Å². The molecule has 0 heterocycles. The number of rotatable bonds is 7. The first-order valence-electron chi connectivity index (χ1n) is 6.40. The van der Waals surface area contributed by atoms with E-state index in [0.29, 0.717) is 18.1 Å². The first kappa shape index (κ1) is 16.0. The summed E-state index contributed by atoms with van der Waals surface area (Å²) < 4.78 is 5.17. The molecule has 0 unspecified atom stereocenters. The quantitative estimate of drug-likeness (QED) is 0.376. The number of ether oxygens (including phenoxy) is 1. The lowest BCUT2D eigenvalue weighted by molar-refractivity contribution is -0.139. The third-order valence-electron chi connectivity index (χ3n) is 2.81. The van der Waals surface area contributed by atoms with E-state index in [9.17, 15) is 4.79 Å². The smallest absolute Gasteiger partial charge is 0.333 e. The van der Waals surface area contributed by atoms with Gasteiger partial charge in [-0.15, -0.1) is 0 Å². The summed E-state index contributed by atoms with van der Waals surface area (Å²) >= 11 is 0. The van der Waals surface area contributed by atoms with Crippen LogP contribution >= 0.6 is 0 Å². The van der Waals surface area contributed by atoms with Crippen molar-refractivity contribution in [3.63, 3.8) is 0 Å². The Labute approximate surface area is 106 Å². The molecule has 0 saturated carbocycles. The average Bonchev–Trinajstić information content (AvgIpc) is 2.27. The highest BCUT2D eigenvalue weighted by Gasteiger charge is 2.06. The lowest BCUT2D eigenvalue weighted by atomic mass is 10.0. The molecule has 0 aromatic heterocycles. The molecule has 2 heteroatoms. The van der Waals surface area contributed by atoms with Crippen LogP contribution in [0.4, 0.5) is 0 Å². The number of carbonyl (C=O) groups is 1. The van der Waals surface area contributed by atoms with Gasteiger partial charge in [0, 0.05) is 5.57 Å². The molecule has 0 rings (SSSR count). The Morgan fingerprint density at radius 1 is 1.24 bits per heavy atom. The zero-order chi connectivity index (χ0) is 13.3. The van der Waals surface area contributed by atoms with E-state index < -0.39 is 0 Å². The van der Waals surface area contributed by atoms with Crippen molar-refractivity contribution >= 4 is 5.97 Å². The maximum absolute atomic E-state index is 11.4. The summed E-state index contributed by atoms with van der Waals surface area (Å²) in [5.74, 6) is 0.410. The average molecular weight is 238 g/mol. The van der Waals surface area contributed by atoms with Crippen LogP contribution in [0.3, 0.4) is 0 Å². The summed E-state index contributed by atoms with van der Waals surface area (Å²) in [6, 6.07) is 0. The Hall–Kier alpha value is -1.05. The SMILES string of the molecule is C/C=C(/C)C(=O)OCC[C@@H](C)CCC=C(C)C. The molecule has 0 bridgehead atoms. The topological polar surface area (TPSA) is 26.3 Å². The Balaban J connectivity index is 3.68. The molecule has 0 radical (unpaired) electrons. The Kier molecular flexibility index (Phi) is 8.47. The standard InChI is InChI=1S/C15H26O2/c1-6-14(5)15(16)17-11-10-13(4)9-7-8-12(2)3/h6,8,13H,7,9-11H2,1-5H3/b14-6-/t13-/m0/s1. The van der Waals surface area contributed by atoms with E-state index in [1.807, 2.05) is 6.92 Å². The predicted molar refractivity (Wildman–Crippen MR) is 72.8 cm³/mol. The normalized spacial score (nSPS) is 13.1. The van der Waals surface area contributed by atoms with Crippen molar-refractivity contribution in [3.8, 4) is 0 Å². The van der Waals surface area contributed by atoms with Gasteiger partial charge >= 0.3 is 5.97 Å². The minimum absolute atomic E-state index is 0.191. The van der Waals surface area contributed by atoms with E-state index >= 15 is 0 Å². The lowest BCUT2D eigenvalue weighted by Gasteiger charge is -2.10. The van der Waals surface area contributed by atoms with Crippen LogP contribution in [0.1, 0.15) is 53.9 Å². The predicted octanol–water partition coefficient (Wildman–Crippen LogP) is 4.27. The minimum Gasteiger partial charge on any atom is -0.462 e. The van der Waals surface area contributed by atoms with Gasteiger partial charge in [0.25, 0.3) is 0 Å². The number of allylic oxidation sites excluding steroid dienone is 3. The van der Waals surface area contributed by atoms with Crippen LogP contribution in [0.15, 0.2) is 23.3 Å². The van der Waals surface area contributed by atoms with Crippen LogP contribution in [0.25, 0.3) is 0 Å². The molecule has 0 saturated heterocycles. The van der Waals surface area contributed by atoms with Crippen molar-refractivity contribution < 1.29 is 9.53 Å². The monoisotopic (exact) mass is 238 g/mol. The van der Waals surface area contributed by atoms with Crippen LogP contribution in [0, 0.1) is 5.92 Å². The van der Waals surface area contributed by atoms with Gasteiger partial charge in [-0.1, -0.05) is 24.6 Å². The number of hydrogen-bond acceptors (Lipinski definition) is 2. The molecule has 0 aromatic rings. The van der Waals surface area contributed by atoms with Crippen LogP contribution in [-0.4, -0.2) is 12.6 Å². The lowest BCUT2D eigenvalue weighted by Crippen LogP contribution is -2.09. The van der Waals surface area contributed by atoms with Gasteiger partial charge in [0.1, 0.15) is 0 Å². The molecule has 1 atom stereocenters. The first-order chi connectivity index (χ1) is 7.97. The molecule has 0 aliphatic carbocycles. The van der Waals surface area contributed by atoms with Crippen LogP contribution in [0.2, 0.25) is 0 Å². The highest BCUT2D eigenvalue weighted by Crippen LogP contribution is 2.12. The summed E-state index contributed by atoms with van der Waals surface area (Å²) in [6.07, 6.45) is 7.25. The molecule has 0 amide bonds. The van der Waals surface area contributed by atoms with Gasteiger partial charge in [-0.25, -0.2) is 4.79 Å². The molecule has 0 aromatic carbocycles. The maximum Gasteiger partial charge on any atom is 0.333 e. The first-order valence-corrected chi connectivity index (χ1v) is 6.40. The van der Waals surface area contributed by atoms with E-state index in [-0.39, 0.29) is 5.97 Å². The summed E-state index contributed by atoms with van der Waals surface area (Å²) in [6.45, 7) is 10.6. The molecule has 2 nitrogen and oxygen atoms in total. The van der Waals surface area contributed by atoms with E-state index in [0.717, 1.165) is 19.3 Å². The fraction of sp³-hybridized carbons (Fsp3) is 0.667. The van der Waals surface area contributed by atoms with Crippen molar-refractivity contribution in [3.05, 3.63) is 23.3 Å². The Morgan fingerprint density at radius 2 is 1.88 bits per heavy atom. The van der Waals surface area contributed by atoms with Gasteiger partial charge in [0.05, 0.1) is 6.61 Å². The van der Waals surface area contributed by atoms with Crippen molar-refractivity contribution in [2.75, 3.05) is 6.61 Å². The van der Waals surface area contributed by atoms with Gasteiger partial charge < -0.3 is 4.74 Å². The van der Waals surface area contributed by atoms with Crippen LogP contribution in [0.5, 0.6) is 0 Å². The maximum atomic E-state index is 11.4. The second-order valence-electron chi connectivity index (χ2n) is 4.86. The summed E-state index contributed by atoms with van der Waals surface area (Å²) in [5.41, 5.74) is 2.05. The summed E-state index contributed by atoms with van der Waals surface area (Å²) in [4.78, 5) is 11.4. The Morgan fingerprint density at radius 3 is 2.41 bits per heavy atom. The second-order valence-corrected chi connectivity index (χ2v) is 4.86. The molecule has 98 valence electrons. The minimum atomic E-state index is -0.191. The third kappa shape index (κ3) is 8.73. The molecule has 0 spiro atoms. The van der Waals surface area contributed by atoms with E-state index in [1.54, 1.807) is 13.0 Å². The van der Waals surface area contributed by atoms with Crippen molar-refractivity contribution in [1.29, 1.82) is 0 Å². The van der Waals surface area contributed by atoms with Gasteiger partial charge in [-0.05, 0) is 52.9 Å². The van der Waals surface area contributed by atoms with E-state index in [2.05, 4.69) is 26.8 Å². The largest absolute Gasteiger partial charge is 0.462 e. The summed E-state index contributed by atoms with van der Waals surface area (Å²) in [5, 5.41) is 0. The highest BCUT2D eigenvalue weighted by molar-refractivity contribution is 5.87. The van der Waals surface area contributed by atoms with Gasteiger partial charge in [-0.3, -0.25) is 0 Å². The molecular formula is C15H26O2. The fourth-order valence-electron chi connectivity index (χ4n) is 1.39. The van der Waals surface area contributed by atoms with Crippen molar-refractivity contribution in [2.45, 2.75) is 53.9 Å². The van der Waals surface area contributed by atoms with Crippen molar-refractivity contribution in [1.82, 2.24) is 0 Å². The molecule has 0 fully saturated rings. The Bertz CT molecular complexity index is 283. The zero-order valence-electron chi connectivity index (χ0n) is 11.9. The number of esters is 1. The summed E-state index contributed by atoms with van der Waals surface area (Å²) in [7, 11) is 0. The van der Waals surface area contributed by atoms with Crippen molar-refractivity contribution in [2.24, 2.45) is 5.92 Å². The highest BCUT2D eigenvalue weighted by atomic mass is 16.5. The number of carbonyl (C=O) groups excluding carboxylic acids is 1. The molecular weight excluding hydrogens is 212 g/mol. The third-order valence-corrected chi connectivity index (χ3v) is 2.81. The number of hydrogen-bond donors (Lipinski definition) is 0. The fourth-order valence-corrected chi connectivity index (χ4v) is 1.39. The molecule has 0 aliphatic heterocycles. The molecule has 0 aliphatic rings. The molecule has 0 N–H and O–H groups in total. The van der Waals surface area contributed by atoms with Crippen LogP contribution < -0.4 is 0 Å². The van der Waals surface area contributed by atoms with E-state index in [1.165, 1.54) is 5.57 Å². The van der Waals surface area contributed by atoms with Gasteiger partial charge in [0.15, 0.2) is 0 Å². The van der Waals surface area contributed by atoms with Crippen LogP contribution in [-0.2, 0) is 9.53 Å².